The third-order valence-corrected chi connectivity index (χ3v) is 2.59. The van der Waals surface area contributed by atoms with E-state index in [0.29, 0.717) is 5.75 Å². The molecule has 0 saturated heterocycles. The molecule has 0 unspecified atom stereocenters. The van der Waals surface area contributed by atoms with Gasteiger partial charge in [-0.25, -0.2) is 4.79 Å². The van der Waals surface area contributed by atoms with Crippen LogP contribution in [0.25, 0.3) is 0 Å². The Bertz CT molecular complexity index is 496. The van der Waals surface area contributed by atoms with Gasteiger partial charge in [-0.15, -0.1) is 0 Å². The second kappa shape index (κ2) is 5.87. The van der Waals surface area contributed by atoms with Crippen LogP contribution < -0.4 is 10.1 Å². The standard InChI is InChI=1S/C15H15NO2/c1-12(13-8-4-2-5-9-13)16-15(17)18-14-10-6-3-7-11-14/h2-12H,1H3,(H,16,17)/t12-/m1/s1. The zero-order valence-corrected chi connectivity index (χ0v) is 10.2. The third kappa shape index (κ3) is 3.35. The number of hydrogen-bond donors (Lipinski definition) is 1. The van der Waals surface area contributed by atoms with E-state index >= 15 is 0 Å². The van der Waals surface area contributed by atoms with E-state index in [1.54, 1.807) is 12.1 Å². The van der Waals surface area contributed by atoms with Gasteiger partial charge in [0.1, 0.15) is 5.75 Å². The average Bonchev–Trinajstić information content (AvgIpc) is 2.40. The van der Waals surface area contributed by atoms with Gasteiger partial charge in [0.15, 0.2) is 0 Å². The molecule has 92 valence electrons. The van der Waals surface area contributed by atoms with Crippen LogP contribution in [0.4, 0.5) is 4.79 Å². The summed E-state index contributed by atoms with van der Waals surface area (Å²) in [5.74, 6) is 0.537. The Morgan fingerprint density at radius 3 is 2.17 bits per heavy atom. The van der Waals surface area contributed by atoms with Gasteiger partial charge in [-0.05, 0) is 24.6 Å². The fraction of sp³-hybridized carbons (Fsp3) is 0.133. The topological polar surface area (TPSA) is 38.3 Å². The van der Waals surface area contributed by atoms with Gasteiger partial charge in [0.05, 0.1) is 6.04 Å². The molecule has 0 bridgehead atoms. The summed E-state index contributed by atoms with van der Waals surface area (Å²) < 4.78 is 5.16. The molecule has 0 radical (unpaired) electrons. The van der Waals surface area contributed by atoms with Gasteiger partial charge in [0.2, 0.25) is 0 Å². The summed E-state index contributed by atoms with van der Waals surface area (Å²) >= 11 is 0. The maximum Gasteiger partial charge on any atom is 0.413 e. The molecule has 0 fully saturated rings. The quantitative estimate of drug-likeness (QED) is 0.892. The zero-order chi connectivity index (χ0) is 12.8. The summed E-state index contributed by atoms with van der Waals surface area (Å²) in [6, 6.07) is 18.7. The molecule has 0 aliphatic rings. The lowest BCUT2D eigenvalue weighted by atomic mass is 10.1. The Hall–Kier alpha value is -2.29. The largest absolute Gasteiger partial charge is 0.413 e. The monoisotopic (exact) mass is 241 g/mol. The minimum Gasteiger partial charge on any atom is -0.410 e. The van der Waals surface area contributed by atoms with Gasteiger partial charge in [0, 0.05) is 0 Å². The van der Waals surface area contributed by atoms with Crippen LogP contribution in [0.5, 0.6) is 5.75 Å². The van der Waals surface area contributed by atoms with Crippen LogP contribution in [0.15, 0.2) is 60.7 Å². The van der Waals surface area contributed by atoms with Crippen LogP contribution in [0.3, 0.4) is 0 Å². The number of para-hydroxylation sites is 1. The first-order chi connectivity index (χ1) is 8.75. The van der Waals surface area contributed by atoms with Crippen molar-refractivity contribution in [1.82, 2.24) is 5.32 Å². The van der Waals surface area contributed by atoms with Crippen LogP contribution in [0.2, 0.25) is 0 Å². The second-order valence-electron chi connectivity index (χ2n) is 3.98. The van der Waals surface area contributed by atoms with Crippen LogP contribution in [0.1, 0.15) is 18.5 Å². The van der Waals surface area contributed by atoms with E-state index in [2.05, 4.69) is 5.32 Å². The van der Waals surface area contributed by atoms with Crippen molar-refractivity contribution in [3.63, 3.8) is 0 Å². The Labute approximate surface area is 106 Å². The average molecular weight is 241 g/mol. The van der Waals surface area contributed by atoms with Crippen molar-refractivity contribution in [3.8, 4) is 5.75 Å². The van der Waals surface area contributed by atoms with Crippen LogP contribution in [0, 0.1) is 0 Å². The first-order valence-electron chi connectivity index (χ1n) is 5.84. The van der Waals surface area contributed by atoms with Crippen molar-refractivity contribution in [3.05, 3.63) is 66.2 Å². The highest BCUT2D eigenvalue weighted by Gasteiger charge is 2.10. The number of benzene rings is 2. The SMILES string of the molecule is C[C@@H](NC(=O)Oc1ccccc1)c1ccccc1. The molecule has 0 saturated carbocycles. The molecule has 0 aliphatic carbocycles. The number of hydrogen-bond acceptors (Lipinski definition) is 2. The number of amides is 1. The Balaban J connectivity index is 1.92. The lowest BCUT2D eigenvalue weighted by Gasteiger charge is -2.14. The maximum atomic E-state index is 11.7. The highest BCUT2D eigenvalue weighted by molar-refractivity contribution is 5.70. The molecule has 0 aromatic heterocycles. The van der Waals surface area contributed by atoms with E-state index in [0.717, 1.165) is 5.56 Å². The number of ether oxygens (including phenoxy) is 1. The highest BCUT2D eigenvalue weighted by Crippen LogP contribution is 2.13. The van der Waals surface area contributed by atoms with Gasteiger partial charge in [0.25, 0.3) is 0 Å². The predicted molar refractivity (Wildman–Crippen MR) is 70.5 cm³/mol. The number of carbonyl (C=O) groups excluding carboxylic acids is 1. The highest BCUT2D eigenvalue weighted by atomic mass is 16.6. The van der Waals surface area contributed by atoms with E-state index in [9.17, 15) is 4.79 Å². The molecule has 2 rings (SSSR count). The summed E-state index contributed by atoms with van der Waals surface area (Å²) in [6.07, 6.45) is -0.447. The van der Waals surface area contributed by atoms with Crippen molar-refractivity contribution in [2.75, 3.05) is 0 Å². The molecule has 3 heteroatoms. The Morgan fingerprint density at radius 2 is 1.56 bits per heavy atom. The molecule has 1 atom stereocenters. The zero-order valence-electron chi connectivity index (χ0n) is 10.2. The maximum absolute atomic E-state index is 11.7. The third-order valence-electron chi connectivity index (χ3n) is 2.59. The molecule has 0 heterocycles. The number of nitrogens with one attached hydrogen (secondary N) is 1. The van der Waals surface area contributed by atoms with Crippen LogP contribution in [-0.2, 0) is 0 Å². The minimum absolute atomic E-state index is 0.0811. The van der Waals surface area contributed by atoms with Crippen molar-refractivity contribution < 1.29 is 9.53 Å². The lowest BCUT2D eigenvalue weighted by Crippen LogP contribution is -2.29. The molecule has 0 spiro atoms. The summed E-state index contributed by atoms with van der Waals surface area (Å²) in [6.45, 7) is 1.92. The lowest BCUT2D eigenvalue weighted by molar-refractivity contribution is 0.197. The second-order valence-corrected chi connectivity index (χ2v) is 3.98. The van der Waals surface area contributed by atoms with E-state index in [-0.39, 0.29) is 6.04 Å². The molecule has 2 aromatic carbocycles. The first-order valence-corrected chi connectivity index (χ1v) is 5.84. The Kier molecular flexibility index (Phi) is 3.97. The Morgan fingerprint density at radius 1 is 1.00 bits per heavy atom. The fourth-order valence-corrected chi connectivity index (χ4v) is 1.63. The van der Waals surface area contributed by atoms with E-state index in [4.69, 9.17) is 4.74 Å². The molecule has 0 aliphatic heterocycles. The summed E-state index contributed by atoms with van der Waals surface area (Å²) in [7, 11) is 0. The summed E-state index contributed by atoms with van der Waals surface area (Å²) in [5.41, 5.74) is 1.04. The van der Waals surface area contributed by atoms with E-state index in [1.807, 2.05) is 55.5 Å². The van der Waals surface area contributed by atoms with Crippen molar-refractivity contribution in [2.24, 2.45) is 0 Å². The summed E-state index contributed by atoms with van der Waals surface area (Å²) in [5, 5.41) is 2.78. The molecular formula is C15H15NO2. The number of rotatable bonds is 3. The molecular weight excluding hydrogens is 226 g/mol. The minimum atomic E-state index is -0.447. The normalized spacial score (nSPS) is 11.6. The van der Waals surface area contributed by atoms with Gasteiger partial charge in [-0.1, -0.05) is 48.5 Å². The predicted octanol–water partition coefficient (Wildman–Crippen LogP) is 3.54. The summed E-state index contributed by atoms with van der Waals surface area (Å²) in [4.78, 5) is 11.7. The van der Waals surface area contributed by atoms with E-state index in [1.165, 1.54) is 0 Å². The molecule has 1 amide bonds. The molecule has 1 N–H and O–H groups in total. The van der Waals surface area contributed by atoms with Gasteiger partial charge in [-0.2, -0.15) is 0 Å². The number of carbonyl (C=O) groups is 1. The van der Waals surface area contributed by atoms with Gasteiger partial charge in [-0.3, -0.25) is 0 Å². The first kappa shape index (κ1) is 12.2. The van der Waals surface area contributed by atoms with Gasteiger partial charge >= 0.3 is 6.09 Å². The fourth-order valence-electron chi connectivity index (χ4n) is 1.63. The van der Waals surface area contributed by atoms with Crippen LogP contribution in [-0.4, -0.2) is 6.09 Å². The van der Waals surface area contributed by atoms with Crippen molar-refractivity contribution in [2.45, 2.75) is 13.0 Å². The smallest absolute Gasteiger partial charge is 0.410 e. The van der Waals surface area contributed by atoms with Crippen LogP contribution >= 0.6 is 0 Å². The molecule has 18 heavy (non-hydrogen) atoms. The molecule has 2 aromatic rings. The van der Waals surface area contributed by atoms with E-state index < -0.39 is 6.09 Å². The van der Waals surface area contributed by atoms with Crippen molar-refractivity contribution >= 4 is 6.09 Å². The molecule has 3 nitrogen and oxygen atoms in total. The van der Waals surface area contributed by atoms with Crippen molar-refractivity contribution in [1.29, 1.82) is 0 Å². The van der Waals surface area contributed by atoms with Gasteiger partial charge < -0.3 is 10.1 Å².